The molecule has 1 heterocycles. The summed E-state index contributed by atoms with van der Waals surface area (Å²) in [5.41, 5.74) is 1.49. The second-order valence-corrected chi connectivity index (χ2v) is 4.96. The van der Waals surface area contributed by atoms with Crippen molar-refractivity contribution >= 4 is 17.7 Å². The van der Waals surface area contributed by atoms with Crippen molar-refractivity contribution in [2.45, 2.75) is 25.4 Å². The molecule has 0 aliphatic carbocycles. The van der Waals surface area contributed by atoms with Crippen molar-refractivity contribution in [3.8, 4) is 5.75 Å². The van der Waals surface area contributed by atoms with E-state index in [9.17, 15) is 9.59 Å². The molecule has 1 aliphatic rings. The van der Waals surface area contributed by atoms with Crippen molar-refractivity contribution in [2.75, 3.05) is 25.6 Å². The minimum absolute atomic E-state index is 0.0274. The molecule has 2 rings (SSSR count). The highest BCUT2D eigenvalue weighted by Gasteiger charge is 2.23. The van der Waals surface area contributed by atoms with Crippen LogP contribution in [0.5, 0.6) is 5.75 Å². The lowest BCUT2D eigenvalue weighted by molar-refractivity contribution is -0.137. The second-order valence-electron chi connectivity index (χ2n) is 4.96. The molecule has 120 valence electrons. The summed E-state index contributed by atoms with van der Waals surface area (Å²) in [6.45, 7) is 0.832. The third-order valence-corrected chi connectivity index (χ3v) is 3.40. The van der Waals surface area contributed by atoms with Gasteiger partial charge in [0.25, 0.3) is 0 Å². The van der Waals surface area contributed by atoms with E-state index in [2.05, 4.69) is 10.6 Å². The first kappa shape index (κ1) is 16.1. The number of urea groups is 1. The number of aliphatic carboxylic acids is 1. The van der Waals surface area contributed by atoms with Crippen LogP contribution < -0.4 is 15.4 Å². The molecule has 1 atom stereocenters. The van der Waals surface area contributed by atoms with Gasteiger partial charge in [0, 0.05) is 32.1 Å². The number of anilines is 1. The van der Waals surface area contributed by atoms with Gasteiger partial charge in [0.2, 0.25) is 0 Å². The van der Waals surface area contributed by atoms with Crippen LogP contribution in [-0.2, 0) is 9.53 Å². The molecule has 7 heteroatoms. The van der Waals surface area contributed by atoms with Gasteiger partial charge < -0.3 is 25.2 Å². The van der Waals surface area contributed by atoms with Crippen LogP contribution in [0.15, 0.2) is 18.2 Å². The summed E-state index contributed by atoms with van der Waals surface area (Å²) in [5.74, 6) is -0.250. The molecule has 0 saturated heterocycles. The maximum Gasteiger partial charge on any atom is 0.319 e. The topological polar surface area (TPSA) is 96.9 Å². The van der Waals surface area contributed by atoms with Crippen LogP contribution in [0.25, 0.3) is 0 Å². The number of carboxylic acids is 1. The van der Waals surface area contributed by atoms with Crippen molar-refractivity contribution in [1.29, 1.82) is 0 Å². The molecular formula is C15H20N2O5. The molecule has 0 radical (unpaired) electrons. The molecule has 2 amide bonds. The number of carbonyl (C=O) groups is 2. The van der Waals surface area contributed by atoms with Gasteiger partial charge in [-0.2, -0.15) is 0 Å². The molecule has 1 unspecified atom stereocenters. The summed E-state index contributed by atoms with van der Waals surface area (Å²) in [6.07, 6.45) is 1.15. The highest BCUT2D eigenvalue weighted by molar-refractivity contribution is 5.91. The lowest BCUT2D eigenvalue weighted by Crippen LogP contribution is -2.30. The normalized spacial score (nSPS) is 16.3. The Morgan fingerprint density at radius 3 is 3.00 bits per heavy atom. The van der Waals surface area contributed by atoms with Crippen molar-refractivity contribution < 1.29 is 24.2 Å². The van der Waals surface area contributed by atoms with Gasteiger partial charge in [-0.25, -0.2) is 4.79 Å². The molecule has 0 bridgehead atoms. The zero-order chi connectivity index (χ0) is 15.9. The van der Waals surface area contributed by atoms with Crippen LogP contribution in [0.3, 0.4) is 0 Å². The average molecular weight is 308 g/mol. The first-order chi connectivity index (χ1) is 10.6. The van der Waals surface area contributed by atoms with Crippen LogP contribution in [0.4, 0.5) is 10.5 Å². The summed E-state index contributed by atoms with van der Waals surface area (Å²) >= 11 is 0. The number of hydrogen-bond donors (Lipinski definition) is 3. The Morgan fingerprint density at radius 2 is 2.27 bits per heavy atom. The molecule has 7 nitrogen and oxygen atoms in total. The van der Waals surface area contributed by atoms with Gasteiger partial charge in [0.15, 0.2) is 0 Å². The fraction of sp³-hybridized carbons (Fsp3) is 0.467. The first-order valence-corrected chi connectivity index (χ1v) is 7.17. The SMILES string of the molecule is COC1CCOc2c(NC(=O)NCCCC(=O)O)cccc21. The standard InChI is InChI=1S/C15H20N2O5/c1-21-12-7-9-22-14-10(12)4-2-5-11(14)17-15(20)16-8-3-6-13(18)19/h2,4-5,12H,3,6-9H2,1H3,(H,18,19)(H2,16,17,20). The summed E-state index contributed by atoms with van der Waals surface area (Å²) < 4.78 is 11.1. The number of nitrogens with one attached hydrogen (secondary N) is 2. The zero-order valence-electron chi connectivity index (χ0n) is 12.4. The predicted octanol–water partition coefficient (Wildman–Crippen LogP) is 2.14. The number of benzene rings is 1. The van der Waals surface area contributed by atoms with E-state index >= 15 is 0 Å². The summed E-state index contributed by atoms with van der Waals surface area (Å²) in [6, 6.07) is 5.12. The van der Waals surface area contributed by atoms with Crippen LogP contribution in [0, 0.1) is 0 Å². The maximum atomic E-state index is 11.8. The Kier molecular flexibility index (Phi) is 5.60. The van der Waals surface area contributed by atoms with Crippen LogP contribution in [-0.4, -0.2) is 37.4 Å². The average Bonchev–Trinajstić information content (AvgIpc) is 2.51. The Hall–Kier alpha value is -2.28. The van der Waals surface area contributed by atoms with E-state index in [-0.39, 0.29) is 18.6 Å². The van der Waals surface area contributed by atoms with Gasteiger partial charge in [-0.1, -0.05) is 12.1 Å². The highest BCUT2D eigenvalue weighted by Crippen LogP contribution is 2.39. The van der Waals surface area contributed by atoms with E-state index in [4.69, 9.17) is 14.6 Å². The number of carbonyl (C=O) groups excluding carboxylic acids is 1. The van der Waals surface area contributed by atoms with Crippen LogP contribution >= 0.6 is 0 Å². The third-order valence-electron chi connectivity index (χ3n) is 3.40. The van der Waals surface area contributed by atoms with Crippen molar-refractivity contribution in [3.05, 3.63) is 23.8 Å². The van der Waals surface area contributed by atoms with Gasteiger partial charge in [-0.05, 0) is 12.5 Å². The molecule has 0 aromatic heterocycles. The highest BCUT2D eigenvalue weighted by atomic mass is 16.5. The molecule has 3 N–H and O–H groups in total. The number of carboxylic acid groups (broad SMARTS) is 1. The minimum atomic E-state index is -0.877. The smallest absolute Gasteiger partial charge is 0.319 e. The lowest BCUT2D eigenvalue weighted by atomic mass is 10.0. The van der Waals surface area contributed by atoms with Gasteiger partial charge in [-0.15, -0.1) is 0 Å². The monoisotopic (exact) mass is 308 g/mol. The number of hydrogen-bond acceptors (Lipinski definition) is 4. The molecule has 0 saturated carbocycles. The fourth-order valence-electron chi connectivity index (χ4n) is 2.34. The Labute approximate surface area is 128 Å². The first-order valence-electron chi connectivity index (χ1n) is 7.17. The van der Waals surface area contributed by atoms with Gasteiger partial charge in [0.1, 0.15) is 5.75 Å². The van der Waals surface area contributed by atoms with Crippen molar-refractivity contribution in [2.24, 2.45) is 0 Å². The van der Waals surface area contributed by atoms with Gasteiger partial charge >= 0.3 is 12.0 Å². The van der Waals surface area contributed by atoms with E-state index in [0.29, 0.717) is 31.0 Å². The Balaban J connectivity index is 1.95. The van der Waals surface area contributed by atoms with Crippen molar-refractivity contribution in [1.82, 2.24) is 5.32 Å². The predicted molar refractivity (Wildman–Crippen MR) is 80.2 cm³/mol. The fourth-order valence-corrected chi connectivity index (χ4v) is 2.34. The Morgan fingerprint density at radius 1 is 1.45 bits per heavy atom. The number of amides is 2. The third kappa shape index (κ3) is 4.11. The minimum Gasteiger partial charge on any atom is -0.491 e. The van der Waals surface area contributed by atoms with E-state index in [1.165, 1.54) is 0 Å². The maximum absolute atomic E-state index is 11.8. The largest absolute Gasteiger partial charge is 0.491 e. The second kappa shape index (κ2) is 7.65. The molecule has 1 aliphatic heterocycles. The number of ether oxygens (including phenoxy) is 2. The molecule has 0 fully saturated rings. The van der Waals surface area contributed by atoms with E-state index in [1.807, 2.05) is 12.1 Å². The van der Waals surface area contributed by atoms with E-state index in [0.717, 1.165) is 12.0 Å². The Bertz CT molecular complexity index is 547. The van der Waals surface area contributed by atoms with E-state index < -0.39 is 5.97 Å². The van der Waals surface area contributed by atoms with E-state index in [1.54, 1.807) is 13.2 Å². The van der Waals surface area contributed by atoms with Crippen LogP contribution in [0.1, 0.15) is 30.9 Å². The van der Waals surface area contributed by atoms with Gasteiger partial charge in [-0.3, -0.25) is 4.79 Å². The summed E-state index contributed by atoms with van der Waals surface area (Å²) in [5, 5.41) is 13.9. The lowest BCUT2D eigenvalue weighted by Gasteiger charge is -2.26. The molecule has 1 aromatic carbocycles. The molecule has 0 spiro atoms. The number of para-hydroxylation sites is 1. The molecule has 22 heavy (non-hydrogen) atoms. The van der Waals surface area contributed by atoms with Gasteiger partial charge in [0.05, 0.1) is 18.4 Å². The van der Waals surface area contributed by atoms with Crippen LogP contribution in [0.2, 0.25) is 0 Å². The molecule has 1 aromatic rings. The quantitative estimate of drug-likeness (QED) is 0.700. The summed E-state index contributed by atoms with van der Waals surface area (Å²) in [7, 11) is 1.65. The van der Waals surface area contributed by atoms with Crippen molar-refractivity contribution in [3.63, 3.8) is 0 Å². The molecular weight excluding hydrogens is 288 g/mol. The number of fused-ring (bicyclic) bond motifs is 1. The number of rotatable bonds is 6. The zero-order valence-corrected chi connectivity index (χ0v) is 12.4. The summed E-state index contributed by atoms with van der Waals surface area (Å²) in [4.78, 5) is 22.2. The number of methoxy groups -OCH3 is 1.